The highest BCUT2D eigenvalue weighted by Crippen LogP contribution is 2.27. The lowest BCUT2D eigenvalue weighted by molar-refractivity contribution is -0.115. The summed E-state index contributed by atoms with van der Waals surface area (Å²) in [6.45, 7) is 5.57. The van der Waals surface area contributed by atoms with Gasteiger partial charge in [0.15, 0.2) is 16.8 Å². The molecule has 0 aliphatic carbocycles. The van der Waals surface area contributed by atoms with E-state index in [1.807, 2.05) is 73.0 Å². The number of ketones is 1. The van der Waals surface area contributed by atoms with E-state index in [1.54, 1.807) is 24.3 Å². The van der Waals surface area contributed by atoms with Crippen molar-refractivity contribution in [2.45, 2.75) is 37.8 Å². The Hall–Kier alpha value is -3.91. The summed E-state index contributed by atoms with van der Waals surface area (Å²) in [5.74, 6) is 1.19. The number of carbonyl (C=O) groups excluding carboxylic acids is 2. The molecule has 4 rings (SSSR count). The number of carbonyl (C=O) groups is 2. The molecule has 178 valence electrons. The first-order valence-corrected chi connectivity index (χ1v) is 12.1. The Bertz CT molecular complexity index is 1320. The quantitative estimate of drug-likeness (QED) is 0.249. The predicted octanol–water partition coefficient (Wildman–Crippen LogP) is 5.48. The van der Waals surface area contributed by atoms with Gasteiger partial charge in [-0.3, -0.25) is 14.2 Å². The molecule has 7 nitrogen and oxygen atoms in total. The number of amides is 1. The fraction of sp³-hybridized carbons (Fsp3) is 0.185. The minimum atomic E-state index is -0.445. The van der Waals surface area contributed by atoms with Gasteiger partial charge in [0.05, 0.1) is 5.25 Å². The minimum Gasteiger partial charge on any atom is -0.486 e. The Balaban J connectivity index is 1.51. The van der Waals surface area contributed by atoms with Gasteiger partial charge in [0.1, 0.15) is 12.4 Å². The van der Waals surface area contributed by atoms with Crippen LogP contribution in [0.2, 0.25) is 0 Å². The molecule has 1 heterocycles. The first-order valence-electron chi connectivity index (χ1n) is 11.2. The van der Waals surface area contributed by atoms with Gasteiger partial charge in [-0.1, -0.05) is 42.1 Å². The summed E-state index contributed by atoms with van der Waals surface area (Å²) in [5, 5.41) is 11.8. The summed E-state index contributed by atoms with van der Waals surface area (Å²) in [4.78, 5) is 24.3. The molecular weight excluding hydrogens is 460 g/mol. The highest BCUT2D eigenvalue weighted by atomic mass is 32.2. The monoisotopic (exact) mass is 486 g/mol. The summed E-state index contributed by atoms with van der Waals surface area (Å²) in [6, 6.07) is 24.4. The Morgan fingerprint density at radius 3 is 2.43 bits per heavy atom. The summed E-state index contributed by atoms with van der Waals surface area (Å²) in [7, 11) is 0. The Labute approximate surface area is 208 Å². The number of para-hydroxylation sites is 1. The zero-order chi connectivity index (χ0) is 24.8. The molecule has 35 heavy (non-hydrogen) atoms. The van der Waals surface area contributed by atoms with E-state index in [-0.39, 0.29) is 18.3 Å². The summed E-state index contributed by atoms with van der Waals surface area (Å²) >= 11 is 1.31. The molecule has 0 saturated carbocycles. The van der Waals surface area contributed by atoms with E-state index < -0.39 is 5.25 Å². The van der Waals surface area contributed by atoms with E-state index >= 15 is 0 Å². The van der Waals surface area contributed by atoms with Gasteiger partial charge in [-0.25, -0.2) is 0 Å². The molecule has 1 unspecified atom stereocenters. The van der Waals surface area contributed by atoms with Crippen LogP contribution in [0.25, 0.3) is 5.69 Å². The fourth-order valence-corrected chi connectivity index (χ4v) is 4.29. The summed E-state index contributed by atoms with van der Waals surface area (Å²) < 4.78 is 7.88. The van der Waals surface area contributed by atoms with Crippen LogP contribution in [0.3, 0.4) is 0 Å². The molecule has 0 spiro atoms. The van der Waals surface area contributed by atoms with E-state index in [0.717, 1.165) is 17.0 Å². The normalized spacial score (nSPS) is 11.6. The minimum absolute atomic E-state index is 0.0192. The SMILES string of the molecule is CC(=O)c1ccc(NC(=O)C(C)Sc2nnc(COc3cccc(C)c3)n2-c2ccccc2)cc1. The Kier molecular flexibility index (Phi) is 7.62. The maximum absolute atomic E-state index is 12.9. The smallest absolute Gasteiger partial charge is 0.237 e. The number of anilines is 1. The molecular formula is C27H26N4O3S. The molecule has 0 radical (unpaired) electrons. The number of hydrogen-bond acceptors (Lipinski definition) is 6. The maximum Gasteiger partial charge on any atom is 0.237 e. The standard InChI is InChI=1S/C27H26N4O3S/c1-18-8-7-11-24(16-18)34-17-25-29-30-27(31(25)23-9-5-4-6-10-23)35-20(3)26(33)28-22-14-12-21(13-15-22)19(2)32/h4-16,20H,17H2,1-3H3,(H,28,33). The van der Waals surface area contributed by atoms with E-state index in [0.29, 0.717) is 22.2 Å². The first-order chi connectivity index (χ1) is 16.9. The number of Topliss-reactive ketones (excluding diaryl/α,β-unsaturated/α-hetero) is 1. The van der Waals surface area contributed by atoms with Crippen molar-refractivity contribution in [2.75, 3.05) is 5.32 Å². The van der Waals surface area contributed by atoms with Crippen molar-refractivity contribution in [1.29, 1.82) is 0 Å². The van der Waals surface area contributed by atoms with Gasteiger partial charge in [0.2, 0.25) is 5.91 Å². The number of hydrogen-bond donors (Lipinski definition) is 1. The van der Waals surface area contributed by atoms with Crippen LogP contribution in [0.5, 0.6) is 5.75 Å². The zero-order valence-electron chi connectivity index (χ0n) is 19.8. The fourth-order valence-electron chi connectivity index (χ4n) is 3.40. The van der Waals surface area contributed by atoms with E-state index in [9.17, 15) is 9.59 Å². The number of nitrogens with zero attached hydrogens (tertiary/aromatic N) is 3. The maximum atomic E-state index is 12.9. The topological polar surface area (TPSA) is 86.1 Å². The Morgan fingerprint density at radius 1 is 1.00 bits per heavy atom. The van der Waals surface area contributed by atoms with Crippen LogP contribution >= 0.6 is 11.8 Å². The average Bonchev–Trinajstić information content (AvgIpc) is 3.26. The van der Waals surface area contributed by atoms with Crippen LogP contribution in [-0.4, -0.2) is 31.7 Å². The van der Waals surface area contributed by atoms with Gasteiger partial charge in [-0.2, -0.15) is 0 Å². The third-order valence-corrected chi connectivity index (χ3v) is 6.33. The van der Waals surface area contributed by atoms with Crippen molar-refractivity contribution in [3.63, 3.8) is 0 Å². The van der Waals surface area contributed by atoms with Crippen molar-refractivity contribution < 1.29 is 14.3 Å². The second-order valence-electron chi connectivity index (χ2n) is 8.06. The van der Waals surface area contributed by atoms with Crippen molar-refractivity contribution in [2.24, 2.45) is 0 Å². The predicted molar refractivity (Wildman–Crippen MR) is 137 cm³/mol. The summed E-state index contributed by atoms with van der Waals surface area (Å²) in [6.07, 6.45) is 0. The number of nitrogens with one attached hydrogen (secondary N) is 1. The molecule has 1 N–H and O–H groups in total. The van der Waals surface area contributed by atoms with Crippen LogP contribution < -0.4 is 10.1 Å². The second kappa shape index (κ2) is 11.0. The number of aromatic nitrogens is 3. The number of aryl methyl sites for hydroxylation is 1. The van der Waals surface area contributed by atoms with Crippen LogP contribution in [0.1, 0.15) is 35.6 Å². The molecule has 0 aliphatic heterocycles. The van der Waals surface area contributed by atoms with Crippen molar-refractivity contribution in [3.05, 3.63) is 95.8 Å². The molecule has 0 bridgehead atoms. The lowest BCUT2D eigenvalue weighted by Crippen LogP contribution is -2.23. The molecule has 1 amide bonds. The molecule has 1 aromatic heterocycles. The molecule has 1 atom stereocenters. The average molecular weight is 487 g/mol. The van der Waals surface area contributed by atoms with Crippen molar-refractivity contribution in [1.82, 2.24) is 14.8 Å². The third-order valence-electron chi connectivity index (χ3n) is 5.28. The molecule has 0 fully saturated rings. The lowest BCUT2D eigenvalue weighted by Gasteiger charge is -2.14. The molecule has 8 heteroatoms. The van der Waals surface area contributed by atoms with Gasteiger partial charge >= 0.3 is 0 Å². The second-order valence-corrected chi connectivity index (χ2v) is 9.37. The van der Waals surface area contributed by atoms with Crippen LogP contribution in [0.15, 0.2) is 84.0 Å². The lowest BCUT2D eigenvalue weighted by atomic mass is 10.1. The molecule has 0 saturated heterocycles. The van der Waals surface area contributed by atoms with Gasteiger partial charge in [0.25, 0.3) is 0 Å². The molecule has 0 aliphatic rings. The largest absolute Gasteiger partial charge is 0.486 e. The van der Waals surface area contributed by atoms with Gasteiger partial charge < -0.3 is 10.1 Å². The first kappa shape index (κ1) is 24.2. The molecule has 4 aromatic rings. The van der Waals surface area contributed by atoms with E-state index in [4.69, 9.17) is 4.74 Å². The van der Waals surface area contributed by atoms with Crippen LogP contribution in [0.4, 0.5) is 5.69 Å². The highest BCUT2D eigenvalue weighted by Gasteiger charge is 2.21. The Morgan fingerprint density at radius 2 is 1.74 bits per heavy atom. The van der Waals surface area contributed by atoms with Crippen molar-refractivity contribution >= 4 is 29.1 Å². The van der Waals surface area contributed by atoms with Gasteiger partial charge in [0, 0.05) is 16.9 Å². The zero-order valence-corrected chi connectivity index (χ0v) is 20.6. The number of benzene rings is 3. The highest BCUT2D eigenvalue weighted by molar-refractivity contribution is 8.00. The van der Waals surface area contributed by atoms with Crippen LogP contribution in [-0.2, 0) is 11.4 Å². The van der Waals surface area contributed by atoms with Crippen molar-refractivity contribution in [3.8, 4) is 11.4 Å². The third kappa shape index (κ3) is 6.16. The number of thioether (sulfide) groups is 1. The number of rotatable bonds is 9. The van der Waals surface area contributed by atoms with E-state index in [2.05, 4.69) is 15.5 Å². The molecule has 3 aromatic carbocycles. The number of ether oxygens (including phenoxy) is 1. The van der Waals surface area contributed by atoms with Gasteiger partial charge in [-0.15, -0.1) is 10.2 Å². The summed E-state index contributed by atoms with van der Waals surface area (Å²) in [5.41, 5.74) is 3.22. The van der Waals surface area contributed by atoms with Gasteiger partial charge in [-0.05, 0) is 74.9 Å². The van der Waals surface area contributed by atoms with E-state index in [1.165, 1.54) is 18.7 Å². The van der Waals surface area contributed by atoms with Crippen LogP contribution in [0, 0.1) is 6.92 Å².